The molecule has 2 aliphatic heterocycles. The molecule has 0 aliphatic carbocycles. The summed E-state index contributed by atoms with van der Waals surface area (Å²) in [4.78, 5) is 15.1. The van der Waals surface area contributed by atoms with Gasteiger partial charge >= 0.3 is 0 Å². The number of para-hydroxylation sites is 2. The van der Waals surface area contributed by atoms with Gasteiger partial charge in [0, 0.05) is 23.8 Å². The summed E-state index contributed by atoms with van der Waals surface area (Å²) in [6.45, 7) is 2.35. The second-order valence-corrected chi connectivity index (χ2v) is 10.2. The Morgan fingerprint density at radius 1 is 0.968 bits per heavy atom. The Hall–Kier alpha value is -2.83. The van der Waals surface area contributed by atoms with Crippen molar-refractivity contribution in [1.82, 2.24) is 0 Å². The predicted octanol–water partition coefficient (Wildman–Crippen LogP) is 4.68. The molecule has 31 heavy (non-hydrogen) atoms. The third kappa shape index (κ3) is 3.22. The van der Waals surface area contributed by atoms with Crippen LogP contribution < -0.4 is 9.21 Å². The fourth-order valence-electron chi connectivity index (χ4n) is 4.52. The van der Waals surface area contributed by atoms with Crippen molar-refractivity contribution in [2.75, 3.05) is 15.7 Å². The number of nitrogens with zero attached hydrogens (tertiary/aromatic N) is 2. The van der Waals surface area contributed by atoms with Gasteiger partial charge in [0.1, 0.15) is 4.90 Å². The van der Waals surface area contributed by atoms with Crippen LogP contribution in [0.2, 0.25) is 5.02 Å². The fourth-order valence-corrected chi connectivity index (χ4v) is 6.53. The average Bonchev–Trinajstić information content (AvgIpc) is 3.34. The van der Waals surface area contributed by atoms with Crippen molar-refractivity contribution in [2.24, 2.45) is 0 Å². The molecule has 0 saturated heterocycles. The Balaban J connectivity index is 1.54. The normalized spacial score (nSPS) is 17.5. The minimum absolute atomic E-state index is 0.00825. The topological polar surface area (TPSA) is 57.7 Å². The summed E-state index contributed by atoms with van der Waals surface area (Å²) >= 11 is 6.33. The molecule has 1 amide bonds. The lowest BCUT2D eigenvalue weighted by Gasteiger charge is -2.24. The lowest BCUT2D eigenvalue weighted by Crippen LogP contribution is -2.36. The molecule has 7 heteroatoms. The van der Waals surface area contributed by atoms with E-state index in [1.165, 1.54) is 16.4 Å². The number of carbonyl (C=O) groups is 1. The van der Waals surface area contributed by atoms with Crippen LogP contribution in [0.5, 0.6) is 0 Å². The van der Waals surface area contributed by atoms with Gasteiger partial charge in [-0.1, -0.05) is 48.0 Å². The van der Waals surface area contributed by atoms with Gasteiger partial charge in [0.2, 0.25) is 0 Å². The van der Waals surface area contributed by atoms with E-state index < -0.39 is 10.0 Å². The highest BCUT2D eigenvalue weighted by Gasteiger charge is 2.35. The zero-order chi connectivity index (χ0) is 21.8. The van der Waals surface area contributed by atoms with Crippen molar-refractivity contribution >= 4 is 38.9 Å². The van der Waals surface area contributed by atoms with Gasteiger partial charge in [0.25, 0.3) is 15.9 Å². The van der Waals surface area contributed by atoms with E-state index in [0.717, 1.165) is 23.2 Å². The fraction of sp³-hybridized carbons (Fsp3) is 0.208. The molecule has 0 N–H and O–H groups in total. The Morgan fingerprint density at radius 2 is 1.65 bits per heavy atom. The van der Waals surface area contributed by atoms with E-state index in [1.54, 1.807) is 17.0 Å². The number of halogens is 1. The van der Waals surface area contributed by atoms with Crippen molar-refractivity contribution in [3.05, 3.63) is 88.4 Å². The largest absolute Gasteiger partial charge is 0.305 e. The molecule has 5 nitrogen and oxygen atoms in total. The van der Waals surface area contributed by atoms with Crippen LogP contribution in [0, 0.1) is 0 Å². The van der Waals surface area contributed by atoms with Gasteiger partial charge in [0.05, 0.1) is 10.7 Å². The lowest BCUT2D eigenvalue weighted by atomic mass is 10.1. The number of amides is 1. The maximum atomic E-state index is 13.5. The number of hydrogen-bond donors (Lipinski definition) is 0. The van der Waals surface area contributed by atoms with Gasteiger partial charge in [0.15, 0.2) is 0 Å². The van der Waals surface area contributed by atoms with Crippen LogP contribution >= 0.6 is 11.6 Å². The summed E-state index contributed by atoms with van der Waals surface area (Å²) in [5.74, 6) is -0.229. The highest BCUT2D eigenvalue weighted by atomic mass is 35.5. The molecule has 0 fully saturated rings. The number of hydrogen-bond acceptors (Lipinski definition) is 3. The van der Waals surface area contributed by atoms with Gasteiger partial charge in [-0.25, -0.2) is 8.42 Å². The molecule has 2 aliphatic rings. The van der Waals surface area contributed by atoms with Crippen LogP contribution in [0.1, 0.15) is 28.4 Å². The minimum atomic E-state index is -3.91. The maximum absolute atomic E-state index is 13.5. The second-order valence-electron chi connectivity index (χ2n) is 7.96. The van der Waals surface area contributed by atoms with E-state index in [0.29, 0.717) is 24.2 Å². The molecular formula is C24H21ClN2O3S. The number of sulfonamides is 1. The van der Waals surface area contributed by atoms with Crippen LogP contribution in [-0.2, 0) is 22.9 Å². The first kappa shape index (κ1) is 20.1. The standard InChI is InChI=1S/C24H21ClN2O3S/c1-16-14-18-7-3-5-9-22(18)27(16)24(28)19-10-11-20(25)23(15-19)31(29,30)26-13-12-17-6-2-4-8-21(17)26/h2-11,15-16H,12-14H2,1H3. The van der Waals surface area contributed by atoms with Gasteiger partial charge in [-0.3, -0.25) is 9.10 Å². The average molecular weight is 453 g/mol. The molecule has 1 atom stereocenters. The Kier molecular flexibility index (Phi) is 4.79. The number of anilines is 2. The summed E-state index contributed by atoms with van der Waals surface area (Å²) in [6.07, 6.45) is 1.42. The summed E-state index contributed by atoms with van der Waals surface area (Å²) in [7, 11) is -3.91. The molecule has 5 rings (SSSR count). The third-order valence-corrected chi connectivity index (χ3v) is 8.31. The number of benzene rings is 3. The SMILES string of the molecule is CC1Cc2ccccc2N1C(=O)c1ccc(Cl)c(S(=O)(=O)N2CCc3ccccc32)c1. The summed E-state index contributed by atoms with van der Waals surface area (Å²) in [6, 6.07) is 19.7. The molecule has 3 aromatic rings. The molecule has 1 unspecified atom stereocenters. The first-order chi connectivity index (χ1) is 14.9. The highest BCUT2D eigenvalue weighted by Crippen LogP contribution is 2.37. The molecule has 0 radical (unpaired) electrons. The van der Waals surface area contributed by atoms with Gasteiger partial charge in [-0.15, -0.1) is 0 Å². The van der Waals surface area contributed by atoms with Crippen LogP contribution in [0.15, 0.2) is 71.6 Å². The van der Waals surface area contributed by atoms with Crippen molar-refractivity contribution in [3.63, 3.8) is 0 Å². The molecule has 0 bridgehead atoms. The zero-order valence-electron chi connectivity index (χ0n) is 17.0. The molecule has 0 aromatic heterocycles. The maximum Gasteiger partial charge on any atom is 0.265 e. The molecule has 0 saturated carbocycles. The Morgan fingerprint density at radius 3 is 2.42 bits per heavy atom. The predicted molar refractivity (Wildman–Crippen MR) is 123 cm³/mol. The van der Waals surface area contributed by atoms with Crippen molar-refractivity contribution in [2.45, 2.75) is 30.7 Å². The molecular weight excluding hydrogens is 432 g/mol. The van der Waals surface area contributed by atoms with Crippen molar-refractivity contribution in [1.29, 1.82) is 0 Å². The van der Waals surface area contributed by atoms with Crippen molar-refractivity contribution < 1.29 is 13.2 Å². The Labute approximate surface area is 186 Å². The minimum Gasteiger partial charge on any atom is -0.305 e. The Bertz CT molecular complexity index is 1310. The van der Waals surface area contributed by atoms with E-state index in [4.69, 9.17) is 11.6 Å². The smallest absolute Gasteiger partial charge is 0.265 e. The highest BCUT2D eigenvalue weighted by molar-refractivity contribution is 7.93. The molecule has 158 valence electrons. The van der Waals surface area contributed by atoms with Crippen LogP contribution in [0.3, 0.4) is 0 Å². The van der Waals surface area contributed by atoms with E-state index >= 15 is 0 Å². The van der Waals surface area contributed by atoms with Crippen molar-refractivity contribution in [3.8, 4) is 0 Å². The summed E-state index contributed by atoms with van der Waals surface area (Å²) in [5.41, 5.74) is 3.93. The van der Waals surface area contributed by atoms with Gasteiger partial charge in [-0.2, -0.15) is 0 Å². The van der Waals surface area contributed by atoms with Gasteiger partial charge in [-0.05, 0) is 61.2 Å². The quantitative estimate of drug-likeness (QED) is 0.579. The van der Waals surface area contributed by atoms with E-state index in [9.17, 15) is 13.2 Å². The van der Waals surface area contributed by atoms with Gasteiger partial charge < -0.3 is 4.90 Å². The van der Waals surface area contributed by atoms with Crippen LogP contribution in [-0.4, -0.2) is 26.9 Å². The first-order valence-electron chi connectivity index (χ1n) is 10.2. The lowest BCUT2D eigenvalue weighted by molar-refractivity contribution is 0.0981. The second kappa shape index (κ2) is 7.39. The monoisotopic (exact) mass is 452 g/mol. The van der Waals surface area contributed by atoms with Crippen LogP contribution in [0.25, 0.3) is 0 Å². The van der Waals surface area contributed by atoms with Crippen LogP contribution in [0.4, 0.5) is 11.4 Å². The number of carbonyl (C=O) groups excluding carboxylic acids is 1. The zero-order valence-corrected chi connectivity index (χ0v) is 18.5. The summed E-state index contributed by atoms with van der Waals surface area (Å²) in [5, 5.41) is 0.107. The number of fused-ring (bicyclic) bond motifs is 2. The molecule has 2 heterocycles. The summed E-state index contributed by atoms with van der Waals surface area (Å²) < 4.78 is 28.4. The van der Waals surface area contributed by atoms with E-state index in [2.05, 4.69) is 0 Å². The first-order valence-corrected chi connectivity index (χ1v) is 12.0. The third-order valence-electron chi connectivity index (χ3n) is 6.02. The molecule has 3 aromatic carbocycles. The number of rotatable bonds is 3. The van der Waals surface area contributed by atoms with E-state index in [1.807, 2.05) is 49.4 Å². The van der Waals surface area contributed by atoms with E-state index in [-0.39, 0.29) is 21.9 Å². The molecule has 0 spiro atoms.